The molecule has 1 aliphatic heterocycles. The fourth-order valence-corrected chi connectivity index (χ4v) is 4.14. The monoisotopic (exact) mass is 377 g/mol. The van der Waals surface area contributed by atoms with Crippen LogP contribution in [-0.4, -0.2) is 50.0 Å². The highest BCUT2D eigenvalue weighted by Crippen LogP contribution is 2.27. The number of halogens is 1. The number of ketones is 1. The van der Waals surface area contributed by atoms with Crippen molar-refractivity contribution in [3.63, 3.8) is 0 Å². The molecule has 0 amide bonds. The van der Waals surface area contributed by atoms with Gasteiger partial charge in [-0.25, -0.2) is 9.37 Å². The molecule has 140 valence electrons. The van der Waals surface area contributed by atoms with Crippen molar-refractivity contribution in [2.75, 3.05) is 39.2 Å². The normalized spacial score (nSPS) is 17.9. The number of hydrogen-bond acceptors (Lipinski definition) is 6. The van der Waals surface area contributed by atoms with Crippen LogP contribution in [-0.2, 0) is 6.54 Å². The van der Waals surface area contributed by atoms with E-state index in [4.69, 9.17) is 4.74 Å². The third-order valence-electron chi connectivity index (χ3n) is 4.62. The Morgan fingerprint density at radius 1 is 1.46 bits per heavy atom. The van der Waals surface area contributed by atoms with Gasteiger partial charge in [-0.3, -0.25) is 9.69 Å². The van der Waals surface area contributed by atoms with Crippen molar-refractivity contribution >= 4 is 22.3 Å². The molecule has 0 N–H and O–H groups in total. The molecule has 0 saturated carbocycles. The highest BCUT2D eigenvalue weighted by Gasteiger charge is 2.27. The molecule has 1 aromatic heterocycles. The van der Waals surface area contributed by atoms with Crippen LogP contribution in [0.25, 0.3) is 0 Å². The van der Waals surface area contributed by atoms with E-state index in [0.717, 1.165) is 31.1 Å². The van der Waals surface area contributed by atoms with Gasteiger partial charge in [0.15, 0.2) is 22.5 Å². The number of hydrogen-bond donors (Lipinski definition) is 0. The third kappa shape index (κ3) is 4.22. The van der Waals surface area contributed by atoms with Crippen molar-refractivity contribution in [1.82, 2.24) is 9.88 Å². The molecule has 3 rings (SSSR count). The fourth-order valence-electron chi connectivity index (χ4n) is 3.27. The van der Waals surface area contributed by atoms with Gasteiger partial charge in [-0.05, 0) is 37.6 Å². The largest absolute Gasteiger partial charge is 0.494 e. The quantitative estimate of drug-likeness (QED) is 0.722. The van der Waals surface area contributed by atoms with Crippen LogP contribution >= 0.6 is 11.3 Å². The van der Waals surface area contributed by atoms with E-state index in [0.29, 0.717) is 12.1 Å². The van der Waals surface area contributed by atoms with Gasteiger partial charge in [-0.2, -0.15) is 0 Å². The minimum atomic E-state index is -0.494. The Morgan fingerprint density at radius 2 is 2.27 bits per heavy atom. The van der Waals surface area contributed by atoms with Crippen molar-refractivity contribution in [1.29, 1.82) is 0 Å². The van der Waals surface area contributed by atoms with Gasteiger partial charge in [-0.1, -0.05) is 0 Å². The number of rotatable bonds is 6. The summed E-state index contributed by atoms with van der Waals surface area (Å²) in [5.74, 6) is -0.423. The Labute approximate surface area is 157 Å². The van der Waals surface area contributed by atoms with Crippen LogP contribution in [0.2, 0.25) is 0 Å². The number of benzene rings is 1. The minimum Gasteiger partial charge on any atom is -0.494 e. The standard InChI is InChI=1S/C19H24FN3O2S/c1-22(2)19-21-10-15(26-19)12-23-8-4-5-14(11-23)18(24)13-6-7-17(25-3)16(20)9-13/h6-7,9-10,14H,4-5,8,11-12H2,1-3H3/t14-/m0/s1. The van der Waals surface area contributed by atoms with E-state index >= 15 is 0 Å². The zero-order valence-corrected chi connectivity index (χ0v) is 16.2. The van der Waals surface area contributed by atoms with E-state index < -0.39 is 5.82 Å². The zero-order valence-electron chi connectivity index (χ0n) is 15.4. The first-order valence-electron chi connectivity index (χ1n) is 8.70. The van der Waals surface area contributed by atoms with Gasteiger partial charge in [0.1, 0.15) is 0 Å². The second-order valence-electron chi connectivity index (χ2n) is 6.79. The van der Waals surface area contributed by atoms with Crippen LogP contribution in [0.15, 0.2) is 24.4 Å². The summed E-state index contributed by atoms with van der Waals surface area (Å²) in [6, 6.07) is 4.45. The Kier molecular flexibility index (Phi) is 5.88. The average Bonchev–Trinajstić information content (AvgIpc) is 3.10. The molecule has 0 aliphatic carbocycles. The summed E-state index contributed by atoms with van der Waals surface area (Å²) in [7, 11) is 5.37. The molecule has 0 bridgehead atoms. The van der Waals surface area contributed by atoms with Gasteiger partial charge < -0.3 is 9.64 Å². The molecule has 1 aliphatic rings. The number of anilines is 1. The lowest BCUT2D eigenvalue weighted by atomic mass is 9.90. The number of likely N-dealkylation sites (tertiary alicyclic amines) is 1. The maximum absolute atomic E-state index is 13.9. The Morgan fingerprint density at radius 3 is 2.92 bits per heavy atom. The predicted octanol–water partition coefficient (Wildman–Crippen LogP) is 3.45. The molecule has 1 aromatic carbocycles. The van der Waals surface area contributed by atoms with Crippen molar-refractivity contribution in [3.8, 4) is 5.75 Å². The Hall–Kier alpha value is -1.99. The first-order chi connectivity index (χ1) is 12.5. The Bertz CT molecular complexity index is 778. The first kappa shape index (κ1) is 18.8. The summed E-state index contributed by atoms with van der Waals surface area (Å²) in [5, 5.41) is 0.985. The van der Waals surface area contributed by atoms with E-state index in [2.05, 4.69) is 9.88 Å². The molecule has 0 radical (unpaired) electrons. The molecule has 1 atom stereocenters. The number of nitrogens with zero attached hydrogens (tertiary/aromatic N) is 3. The number of carbonyl (C=O) groups excluding carboxylic acids is 1. The van der Waals surface area contributed by atoms with Crippen LogP contribution in [0.5, 0.6) is 5.75 Å². The number of ether oxygens (including phenoxy) is 1. The summed E-state index contributed by atoms with van der Waals surface area (Å²) in [6.45, 7) is 2.46. The summed E-state index contributed by atoms with van der Waals surface area (Å²) in [5.41, 5.74) is 0.419. The van der Waals surface area contributed by atoms with Gasteiger partial charge in [0.2, 0.25) is 0 Å². The van der Waals surface area contributed by atoms with E-state index in [1.807, 2.05) is 25.2 Å². The van der Waals surface area contributed by atoms with Crippen LogP contribution in [0, 0.1) is 11.7 Å². The lowest BCUT2D eigenvalue weighted by molar-refractivity contribution is 0.0812. The fraction of sp³-hybridized carbons (Fsp3) is 0.474. The van der Waals surface area contributed by atoms with Gasteiger partial charge >= 0.3 is 0 Å². The lowest BCUT2D eigenvalue weighted by Gasteiger charge is -2.31. The number of aromatic nitrogens is 1. The highest BCUT2D eigenvalue weighted by atomic mass is 32.1. The van der Waals surface area contributed by atoms with E-state index in [1.165, 1.54) is 24.1 Å². The van der Waals surface area contributed by atoms with Crippen LogP contribution in [0.1, 0.15) is 28.1 Å². The lowest BCUT2D eigenvalue weighted by Crippen LogP contribution is -2.38. The van der Waals surface area contributed by atoms with Crippen molar-refractivity contribution in [2.24, 2.45) is 5.92 Å². The molecule has 2 heterocycles. The van der Waals surface area contributed by atoms with E-state index in [1.54, 1.807) is 17.4 Å². The number of methoxy groups -OCH3 is 1. The van der Waals surface area contributed by atoms with Crippen LogP contribution in [0.3, 0.4) is 0 Å². The van der Waals surface area contributed by atoms with Gasteiger partial charge in [0.05, 0.1) is 7.11 Å². The molecule has 0 spiro atoms. The first-order valence-corrected chi connectivity index (χ1v) is 9.51. The summed E-state index contributed by atoms with van der Waals surface area (Å²) >= 11 is 1.67. The van der Waals surface area contributed by atoms with Gasteiger partial charge in [0, 0.05) is 49.7 Å². The van der Waals surface area contributed by atoms with E-state index in [9.17, 15) is 9.18 Å². The molecule has 26 heavy (non-hydrogen) atoms. The predicted molar refractivity (Wildman–Crippen MR) is 102 cm³/mol. The Balaban J connectivity index is 1.65. The SMILES string of the molecule is COc1ccc(C(=O)[C@H]2CCCN(Cc3cnc(N(C)C)s3)C2)cc1F. The molecule has 7 heteroatoms. The minimum absolute atomic E-state index is 0.00883. The maximum atomic E-state index is 13.9. The zero-order chi connectivity index (χ0) is 18.7. The third-order valence-corrected chi connectivity index (χ3v) is 5.77. The number of piperidine rings is 1. The van der Waals surface area contributed by atoms with Gasteiger partial charge in [-0.15, -0.1) is 11.3 Å². The molecule has 2 aromatic rings. The second kappa shape index (κ2) is 8.14. The molecule has 1 fully saturated rings. The van der Waals surface area contributed by atoms with Crippen molar-refractivity contribution in [2.45, 2.75) is 19.4 Å². The molecular formula is C19H24FN3O2S. The molecule has 5 nitrogen and oxygen atoms in total. The summed E-state index contributed by atoms with van der Waals surface area (Å²) in [4.78, 5) is 22.7. The second-order valence-corrected chi connectivity index (χ2v) is 7.89. The maximum Gasteiger partial charge on any atom is 0.185 e. The smallest absolute Gasteiger partial charge is 0.185 e. The molecular weight excluding hydrogens is 353 g/mol. The topological polar surface area (TPSA) is 45.7 Å². The average molecular weight is 377 g/mol. The van der Waals surface area contributed by atoms with Gasteiger partial charge in [0.25, 0.3) is 0 Å². The van der Waals surface area contributed by atoms with Crippen molar-refractivity contribution in [3.05, 3.63) is 40.7 Å². The highest BCUT2D eigenvalue weighted by molar-refractivity contribution is 7.15. The number of thiazole rings is 1. The summed E-state index contributed by atoms with van der Waals surface area (Å²) in [6.07, 6.45) is 3.72. The van der Waals surface area contributed by atoms with Crippen LogP contribution < -0.4 is 9.64 Å². The summed E-state index contributed by atoms with van der Waals surface area (Å²) < 4.78 is 18.8. The number of Topliss-reactive ketones (excluding diaryl/α,β-unsaturated/α-hetero) is 1. The van der Waals surface area contributed by atoms with Crippen molar-refractivity contribution < 1.29 is 13.9 Å². The van der Waals surface area contributed by atoms with E-state index in [-0.39, 0.29) is 17.5 Å². The number of carbonyl (C=O) groups is 1. The molecule has 0 unspecified atom stereocenters. The molecule has 1 saturated heterocycles. The van der Waals surface area contributed by atoms with Crippen LogP contribution in [0.4, 0.5) is 9.52 Å².